The zero-order valence-corrected chi connectivity index (χ0v) is 7.48. The Morgan fingerprint density at radius 2 is 2.09 bits per heavy atom. The summed E-state index contributed by atoms with van der Waals surface area (Å²) >= 11 is 1.07. The highest BCUT2D eigenvalue weighted by Crippen LogP contribution is 2.12. The molecule has 0 spiro atoms. The van der Waals surface area contributed by atoms with Crippen molar-refractivity contribution in [1.29, 1.82) is 0 Å². The van der Waals surface area contributed by atoms with Gasteiger partial charge in [0.05, 0.1) is 5.92 Å². The molecule has 0 aliphatic rings. The molecule has 0 aromatic rings. The highest BCUT2D eigenvalue weighted by molar-refractivity contribution is 8.13. The van der Waals surface area contributed by atoms with Crippen molar-refractivity contribution in [2.45, 2.75) is 20.3 Å². The third-order valence-corrected chi connectivity index (χ3v) is 2.31. The molecule has 0 rings (SSSR count). The van der Waals surface area contributed by atoms with Gasteiger partial charge in [0.1, 0.15) is 0 Å². The highest BCUT2D eigenvalue weighted by Gasteiger charge is 2.15. The maximum atomic E-state index is 10.5. The van der Waals surface area contributed by atoms with Crippen LogP contribution in [0, 0.1) is 5.92 Å². The Hall–Kier alpha value is -0.510. The fourth-order valence-corrected chi connectivity index (χ4v) is 1.40. The van der Waals surface area contributed by atoms with Gasteiger partial charge in [-0.05, 0) is 6.42 Å². The molecule has 0 saturated heterocycles. The predicted molar refractivity (Wildman–Crippen MR) is 44.6 cm³/mol. The number of hydrogen-bond donors (Lipinski definition) is 1. The van der Waals surface area contributed by atoms with E-state index in [1.807, 2.05) is 0 Å². The average molecular weight is 176 g/mol. The summed E-state index contributed by atoms with van der Waals surface area (Å²) in [6.45, 7) is 3.25. The number of carbonyl (C=O) groups excluding carboxylic acids is 1. The minimum Gasteiger partial charge on any atom is -0.481 e. The van der Waals surface area contributed by atoms with Gasteiger partial charge in [-0.2, -0.15) is 0 Å². The smallest absolute Gasteiger partial charge is 0.307 e. The van der Waals surface area contributed by atoms with Crippen molar-refractivity contribution >= 4 is 22.8 Å². The van der Waals surface area contributed by atoms with Gasteiger partial charge in [0.25, 0.3) is 0 Å². The minimum atomic E-state index is -0.818. The van der Waals surface area contributed by atoms with Gasteiger partial charge in [0.2, 0.25) is 0 Å². The van der Waals surface area contributed by atoms with Gasteiger partial charge >= 0.3 is 5.97 Å². The molecule has 0 fully saturated rings. The molecular formula is C7H12O3S. The second-order valence-corrected chi connectivity index (χ2v) is 3.44. The van der Waals surface area contributed by atoms with Crippen LogP contribution in [0.15, 0.2) is 0 Å². The van der Waals surface area contributed by atoms with Crippen molar-refractivity contribution in [1.82, 2.24) is 0 Å². The summed E-state index contributed by atoms with van der Waals surface area (Å²) in [5.41, 5.74) is 0. The Labute approximate surface area is 70.2 Å². The first-order valence-corrected chi connectivity index (χ1v) is 4.42. The Balaban J connectivity index is 3.70. The molecule has 1 N–H and O–H groups in total. The van der Waals surface area contributed by atoms with Crippen LogP contribution in [0.2, 0.25) is 0 Å². The van der Waals surface area contributed by atoms with Gasteiger partial charge < -0.3 is 5.11 Å². The van der Waals surface area contributed by atoms with Crippen molar-refractivity contribution in [3.8, 4) is 0 Å². The maximum absolute atomic E-state index is 10.5. The van der Waals surface area contributed by atoms with E-state index >= 15 is 0 Å². The van der Waals surface area contributed by atoms with Crippen molar-refractivity contribution in [2.24, 2.45) is 5.92 Å². The van der Waals surface area contributed by atoms with Crippen LogP contribution in [0.25, 0.3) is 0 Å². The van der Waals surface area contributed by atoms with Gasteiger partial charge in [-0.1, -0.05) is 18.7 Å². The van der Waals surface area contributed by atoms with Crippen LogP contribution in [0.3, 0.4) is 0 Å². The molecule has 0 heterocycles. The van der Waals surface area contributed by atoms with E-state index in [1.165, 1.54) is 6.92 Å². The standard InChI is InChI=1S/C7H12O3S/c1-3-6(7(9)10)4-11-5(2)8/h6H,3-4H2,1-2H3,(H,9,10)/t6-/m1/s1. The number of carboxylic acids is 1. The van der Waals surface area contributed by atoms with E-state index in [1.54, 1.807) is 6.92 Å². The molecule has 11 heavy (non-hydrogen) atoms. The van der Waals surface area contributed by atoms with E-state index in [-0.39, 0.29) is 11.0 Å². The van der Waals surface area contributed by atoms with Crippen molar-refractivity contribution in [3.63, 3.8) is 0 Å². The molecule has 3 nitrogen and oxygen atoms in total. The van der Waals surface area contributed by atoms with E-state index in [4.69, 9.17) is 5.11 Å². The second-order valence-electron chi connectivity index (χ2n) is 2.25. The van der Waals surface area contributed by atoms with Gasteiger partial charge in [-0.3, -0.25) is 9.59 Å². The van der Waals surface area contributed by atoms with E-state index in [0.717, 1.165) is 11.8 Å². The molecule has 64 valence electrons. The van der Waals surface area contributed by atoms with Crippen LogP contribution >= 0.6 is 11.8 Å². The van der Waals surface area contributed by atoms with E-state index in [0.29, 0.717) is 12.2 Å². The first-order chi connectivity index (χ1) is 5.07. The molecule has 0 aliphatic carbocycles. The summed E-state index contributed by atoms with van der Waals surface area (Å²) in [5, 5.41) is 8.54. The zero-order chi connectivity index (χ0) is 8.85. The topological polar surface area (TPSA) is 54.4 Å². The molecule has 0 aliphatic heterocycles. The van der Waals surface area contributed by atoms with Gasteiger partial charge in [-0.25, -0.2) is 0 Å². The Morgan fingerprint density at radius 3 is 2.36 bits per heavy atom. The molecular weight excluding hydrogens is 164 g/mol. The Kier molecular flexibility index (Phi) is 4.94. The number of rotatable bonds is 4. The fraction of sp³-hybridized carbons (Fsp3) is 0.714. The van der Waals surface area contributed by atoms with Crippen LogP contribution < -0.4 is 0 Å². The van der Waals surface area contributed by atoms with Crippen molar-refractivity contribution < 1.29 is 14.7 Å². The third kappa shape index (κ3) is 4.84. The van der Waals surface area contributed by atoms with Gasteiger partial charge in [-0.15, -0.1) is 0 Å². The summed E-state index contributed by atoms with van der Waals surface area (Å²) in [5.74, 6) is -0.814. The average Bonchev–Trinajstić information content (AvgIpc) is 1.87. The number of carbonyl (C=O) groups is 2. The largest absolute Gasteiger partial charge is 0.481 e. The zero-order valence-electron chi connectivity index (χ0n) is 6.66. The number of carboxylic acid groups (broad SMARTS) is 1. The summed E-state index contributed by atoms with van der Waals surface area (Å²) < 4.78 is 0. The molecule has 0 saturated carbocycles. The number of aliphatic carboxylic acids is 1. The summed E-state index contributed by atoms with van der Waals surface area (Å²) in [6, 6.07) is 0. The van der Waals surface area contributed by atoms with Crippen molar-refractivity contribution in [3.05, 3.63) is 0 Å². The highest BCUT2D eigenvalue weighted by atomic mass is 32.2. The predicted octanol–water partition coefficient (Wildman–Crippen LogP) is 1.38. The lowest BCUT2D eigenvalue weighted by atomic mass is 10.1. The Bertz CT molecular complexity index is 156. The lowest BCUT2D eigenvalue weighted by Gasteiger charge is -2.06. The van der Waals surface area contributed by atoms with Crippen LogP contribution in [-0.2, 0) is 9.59 Å². The second kappa shape index (κ2) is 5.18. The quantitative estimate of drug-likeness (QED) is 0.703. The first kappa shape index (κ1) is 10.5. The molecule has 0 bridgehead atoms. The van der Waals surface area contributed by atoms with Crippen LogP contribution in [0.5, 0.6) is 0 Å². The lowest BCUT2D eigenvalue weighted by molar-refractivity contribution is -0.140. The molecule has 1 atom stereocenters. The lowest BCUT2D eigenvalue weighted by Crippen LogP contribution is -2.15. The molecule has 0 amide bonds. The normalized spacial score (nSPS) is 12.5. The Morgan fingerprint density at radius 1 is 1.55 bits per heavy atom. The summed E-state index contributed by atoms with van der Waals surface area (Å²) in [4.78, 5) is 20.9. The van der Waals surface area contributed by atoms with Crippen LogP contribution in [0.4, 0.5) is 0 Å². The van der Waals surface area contributed by atoms with Gasteiger partial charge in [0, 0.05) is 12.7 Å². The molecule has 0 unspecified atom stereocenters. The van der Waals surface area contributed by atoms with Crippen molar-refractivity contribution in [2.75, 3.05) is 5.75 Å². The summed E-state index contributed by atoms with van der Waals surface area (Å²) in [6.07, 6.45) is 0.579. The SMILES string of the molecule is CC[C@H](CSC(C)=O)C(=O)O. The first-order valence-electron chi connectivity index (χ1n) is 3.44. The third-order valence-electron chi connectivity index (χ3n) is 1.33. The summed E-state index contributed by atoms with van der Waals surface area (Å²) in [7, 11) is 0. The van der Waals surface area contributed by atoms with Crippen LogP contribution in [-0.4, -0.2) is 21.9 Å². The maximum Gasteiger partial charge on any atom is 0.307 e. The minimum absolute atomic E-state index is 0.0234. The molecule has 0 radical (unpaired) electrons. The van der Waals surface area contributed by atoms with E-state index in [9.17, 15) is 9.59 Å². The molecule has 0 aromatic heterocycles. The molecule has 0 aromatic carbocycles. The van der Waals surface area contributed by atoms with E-state index < -0.39 is 5.97 Å². The number of hydrogen-bond acceptors (Lipinski definition) is 3. The van der Waals surface area contributed by atoms with Gasteiger partial charge in [0.15, 0.2) is 5.12 Å². The molecule has 4 heteroatoms. The van der Waals surface area contributed by atoms with Crippen LogP contribution in [0.1, 0.15) is 20.3 Å². The fourth-order valence-electron chi connectivity index (χ4n) is 0.582. The number of thioether (sulfide) groups is 1. The van der Waals surface area contributed by atoms with E-state index in [2.05, 4.69) is 0 Å². The monoisotopic (exact) mass is 176 g/mol.